The molecule has 0 aliphatic heterocycles. The van der Waals surface area contributed by atoms with Crippen LogP contribution < -0.4 is 4.74 Å². The highest BCUT2D eigenvalue weighted by Gasteiger charge is 2.33. The highest BCUT2D eigenvalue weighted by molar-refractivity contribution is 6.30. The van der Waals surface area contributed by atoms with E-state index >= 15 is 0 Å². The van der Waals surface area contributed by atoms with Crippen LogP contribution in [0.2, 0.25) is 5.02 Å². The Balaban J connectivity index is 1.87. The fourth-order valence-corrected chi connectivity index (χ4v) is 3.60. The molecule has 186 valence electrons. The first kappa shape index (κ1) is 26.9. The Hall–Kier alpha value is -3.70. The van der Waals surface area contributed by atoms with E-state index in [9.17, 15) is 23.2 Å². The molecule has 36 heavy (non-hydrogen) atoms. The fraction of sp³-hybridized carbons (Fsp3) is 0.259. The maximum Gasteiger partial charge on any atom is 0.417 e. The summed E-state index contributed by atoms with van der Waals surface area (Å²) in [5, 5.41) is 9.92. The van der Waals surface area contributed by atoms with Crippen molar-refractivity contribution < 1.29 is 22.7 Å². The molecule has 1 atom stereocenters. The number of hydrogen-bond donors (Lipinski definition) is 0. The van der Waals surface area contributed by atoms with Crippen LogP contribution >= 0.6 is 11.6 Å². The largest absolute Gasteiger partial charge is 0.461 e. The smallest absolute Gasteiger partial charge is 0.417 e. The molecule has 3 aromatic rings. The third-order valence-electron chi connectivity index (χ3n) is 5.49. The lowest BCUT2D eigenvalue weighted by Gasteiger charge is -2.24. The molecule has 0 fully saturated rings. The summed E-state index contributed by atoms with van der Waals surface area (Å²) in [7, 11) is 0. The van der Waals surface area contributed by atoms with Crippen LogP contribution in [0.5, 0.6) is 5.88 Å². The van der Waals surface area contributed by atoms with Gasteiger partial charge in [0, 0.05) is 28.9 Å². The van der Waals surface area contributed by atoms with Crippen LogP contribution in [0.25, 0.3) is 0 Å². The monoisotopic (exact) mass is 513 g/mol. The van der Waals surface area contributed by atoms with Crippen molar-refractivity contribution in [2.75, 3.05) is 0 Å². The van der Waals surface area contributed by atoms with E-state index in [1.165, 1.54) is 13.8 Å². The number of aliphatic imine (C=N–C) groups is 1. The molecule has 2 aromatic carbocycles. The van der Waals surface area contributed by atoms with E-state index in [0.717, 1.165) is 23.3 Å². The molecule has 0 spiro atoms. The van der Waals surface area contributed by atoms with E-state index in [1.807, 2.05) is 18.2 Å². The van der Waals surface area contributed by atoms with Gasteiger partial charge in [0.1, 0.15) is 0 Å². The zero-order valence-electron chi connectivity index (χ0n) is 19.8. The van der Waals surface area contributed by atoms with E-state index in [0.29, 0.717) is 28.9 Å². The van der Waals surface area contributed by atoms with Gasteiger partial charge in [0.2, 0.25) is 5.88 Å². The van der Waals surface area contributed by atoms with Gasteiger partial charge in [-0.15, -0.1) is 0 Å². The molecule has 3 rings (SSSR count). The van der Waals surface area contributed by atoms with Crippen molar-refractivity contribution in [1.29, 1.82) is 5.26 Å². The predicted octanol–water partition coefficient (Wildman–Crippen LogP) is 6.80. The summed E-state index contributed by atoms with van der Waals surface area (Å²) < 4.78 is 44.0. The Morgan fingerprint density at radius 3 is 2.42 bits per heavy atom. The van der Waals surface area contributed by atoms with Gasteiger partial charge in [-0.2, -0.15) is 18.4 Å². The van der Waals surface area contributed by atoms with Gasteiger partial charge in [-0.3, -0.25) is 4.79 Å². The molecule has 0 bridgehead atoms. The van der Waals surface area contributed by atoms with Crippen LogP contribution in [-0.4, -0.2) is 22.2 Å². The number of halogens is 4. The van der Waals surface area contributed by atoms with E-state index in [4.69, 9.17) is 16.3 Å². The van der Waals surface area contributed by atoms with Crippen LogP contribution in [0.4, 0.5) is 13.2 Å². The third-order valence-corrected chi connectivity index (χ3v) is 5.74. The zero-order chi connectivity index (χ0) is 26.5. The predicted molar refractivity (Wildman–Crippen MR) is 131 cm³/mol. The Labute approximate surface area is 212 Å². The lowest BCUT2D eigenvalue weighted by molar-refractivity contribution is -0.138. The standard InChI is InChI=1S/C27H23ClF3N3O2/c1-17(34-25(35)26(2,3)36-24-12-9-21(16-33-24)27(29,30)31)23(14-18-7-10-22(28)11-8-18)20-6-4-5-19(13-20)15-32/h4-13,16,23H,14H2,1-3H3. The van der Waals surface area contributed by atoms with E-state index in [-0.39, 0.29) is 11.8 Å². The van der Waals surface area contributed by atoms with Crippen molar-refractivity contribution in [1.82, 2.24) is 4.98 Å². The second-order valence-corrected chi connectivity index (χ2v) is 9.11. The minimum atomic E-state index is -4.53. The second kappa shape index (κ2) is 10.9. The normalized spacial score (nSPS) is 13.1. The number of hydrogen-bond acceptors (Lipinski definition) is 4. The van der Waals surface area contributed by atoms with Crippen molar-refractivity contribution in [3.8, 4) is 11.9 Å². The third kappa shape index (κ3) is 6.92. The first-order valence-corrected chi connectivity index (χ1v) is 11.3. The van der Waals surface area contributed by atoms with Gasteiger partial charge in [-0.1, -0.05) is 35.9 Å². The number of pyridine rings is 1. The molecule has 0 N–H and O–H groups in total. The van der Waals surface area contributed by atoms with E-state index < -0.39 is 23.2 Å². The topological polar surface area (TPSA) is 75.3 Å². The number of benzene rings is 2. The van der Waals surface area contributed by atoms with Crippen molar-refractivity contribution >= 4 is 23.2 Å². The molecule has 1 heterocycles. The van der Waals surface area contributed by atoms with Crippen LogP contribution in [0, 0.1) is 11.3 Å². The molecule has 0 radical (unpaired) electrons. The average Bonchev–Trinajstić information content (AvgIpc) is 2.83. The van der Waals surface area contributed by atoms with E-state index in [1.54, 1.807) is 37.3 Å². The quantitative estimate of drug-likeness (QED) is 0.326. The average molecular weight is 514 g/mol. The first-order valence-electron chi connectivity index (χ1n) is 11.0. The number of alkyl halides is 3. The number of carbonyl (C=O) groups is 1. The fourth-order valence-electron chi connectivity index (χ4n) is 3.47. The lowest BCUT2D eigenvalue weighted by Crippen LogP contribution is -2.38. The van der Waals surface area contributed by atoms with Gasteiger partial charge in [-0.05, 0) is 68.7 Å². The van der Waals surface area contributed by atoms with E-state index in [2.05, 4.69) is 16.0 Å². The summed E-state index contributed by atoms with van der Waals surface area (Å²) in [6.07, 6.45) is -3.38. The van der Waals surface area contributed by atoms with Crippen LogP contribution in [0.1, 0.15) is 48.9 Å². The minimum absolute atomic E-state index is 0.131. The molecule has 0 saturated carbocycles. The zero-order valence-corrected chi connectivity index (χ0v) is 20.6. The summed E-state index contributed by atoms with van der Waals surface area (Å²) in [4.78, 5) is 21.0. The summed E-state index contributed by atoms with van der Waals surface area (Å²) in [6, 6.07) is 18.4. The van der Waals surface area contributed by atoms with Gasteiger partial charge in [-0.25, -0.2) is 9.98 Å². The highest BCUT2D eigenvalue weighted by atomic mass is 35.5. The molecule has 1 unspecified atom stereocenters. The van der Waals surface area contributed by atoms with Gasteiger partial charge in [0.05, 0.1) is 17.2 Å². The molecule has 0 aliphatic carbocycles. The number of aromatic nitrogens is 1. The molecule has 0 aliphatic rings. The first-order chi connectivity index (χ1) is 16.9. The number of nitrogens with zero attached hydrogens (tertiary/aromatic N) is 3. The summed E-state index contributed by atoms with van der Waals surface area (Å²) in [5.74, 6) is -1.09. The van der Waals surface area contributed by atoms with Crippen molar-refractivity contribution in [3.05, 3.63) is 94.1 Å². The molecular formula is C27H23ClF3N3O2. The number of carbonyl (C=O) groups excluding carboxylic acids is 1. The number of nitriles is 1. The molecule has 1 aromatic heterocycles. The van der Waals surface area contributed by atoms with Crippen LogP contribution in [0.3, 0.4) is 0 Å². The summed E-state index contributed by atoms with van der Waals surface area (Å²) >= 11 is 6.00. The maximum atomic E-state index is 13.1. The Morgan fingerprint density at radius 2 is 1.83 bits per heavy atom. The van der Waals surface area contributed by atoms with Gasteiger partial charge in [0.15, 0.2) is 5.60 Å². The van der Waals surface area contributed by atoms with Crippen molar-refractivity contribution in [2.24, 2.45) is 4.99 Å². The lowest BCUT2D eigenvalue weighted by atomic mass is 9.87. The number of amides is 1. The molecule has 0 saturated heterocycles. The van der Waals surface area contributed by atoms with Crippen LogP contribution in [-0.2, 0) is 17.4 Å². The Bertz CT molecular complexity index is 1300. The Morgan fingerprint density at radius 1 is 1.14 bits per heavy atom. The maximum absolute atomic E-state index is 13.1. The summed E-state index contributed by atoms with van der Waals surface area (Å²) in [6.45, 7) is 4.65. The molecule has 5 nitrogen and oxygen atoms in total. The van der Waals surface area contributed by atoms with Crippen molar-refractivity contribution in [2.45, 2.75) is 44.9 Å². The summed E-state index contributed by atoms with van der Waals surface area (Å²) in [5.41, 5.74) is 0.316. The Kier molecular flexibility index (Phi) is 8.16. The highest BCUT2D eigenvalue weighted by Crippen LogP contribution is 2.30. The number of ether oxygens (including phenoxy) is 1. The minimum Gasteiger partial charge on any atom is -0.461 e. The van der Waals surface area contributed by atoms with Crippen molar-refractivity contribution in [3.63, 3.8) is 0 Å². The molecule has 9 heteroatoms. The molecule has 1 amide bonds. The number of rotatable bonds is 7. The van der Waals surface area contributed by atoms with Gasteiger partial charge >= 0.3 is 6.18 Å². The van der Waals surface area contributed by atoms with Gasteiger partial charge in [0.25, 0.3) is 5.91 Å². The molecular weight excluding hydrogens is 491 g/mol. The van der Waals surface area contributed by atoms with Gasteiger partial charge < -0.3 is 4.74 Å². The van der Waals surface area contributed by atoms with Crippen LogP contribution in [0.15, 0.2) is 71.9 Å². The second-order valence-electron chi connectivity index (χ2n) is 8.67. The SMILES string of the molecule is CC(=NC(=O)C(C)(C)Oc1ccc(C(F)(F)F)cn1)C(Cc1ccc(Cl)cc1)c1cccc(C#N)c1.